The maximum Gasteiger partial charge on any atom is 0.419 e. The number of alkyl halides is 3. The quantitative estimate of drug-likeness (QED) is 0.282. The molecule has 3 rings (SSSR count). The lowest BCUT2D eigenvalue weighted by atomic mass is 10.1. The highest BCUT2D eigenvalue weighted by molar-refractivity contribution is 5.99. The summed E-state index contributed by atoms with van der Waals surface area (Å²) in [5.74, 6) is -3.27. The highest BCUT2D eigenvalue weighted by Crippen LogP contribution is 2.36. The van der Waals surface area contributed by atoms with Gasteiger partial charge in [0.1, 0.15) is 11.6 Å². The molecule has 0 fully saturated rings. The molecule has 0 spiro atoms. The predicted molar refractivity (Wildman–Crippen MR) is 102 cm³/mol. The molecule has 0 heterocycles. The van der Waals surface area contributed by atoms with E-state index in [0.717, 1.165) is 18.2 Å². The van der Waals surface area contributed by atoms with Gasteiger partial charge in [0, 0.05) is 0 Å². The first kappa shape index (κ1) is 20.8. The van der Waals surface area contributed by atoms with Gasteiger partial charge in [-0.15, -0.1) is 0 Å². The van der Waals surface area contributed by atoms with E-state index < -0.39 is 35.2 Å². The number of carboxylic acids is 1. The molecule has 0 radical (unpaired) electrons. The number of anilines is 2. The largest absolute Gasteiger partial charge is 0.478 e. The number of hydrogen-bond acceptors (Lipinski definition) is 4. The van der Waals surface area contributed by atoms with Crippen LogP contribution < -0.4 is 10.1 Å². The topological polar surface area (TPSA) is 82.4 Å². The maximum atomic E-state index is 14.2. The van der Waals surface area contributed by atoms with E-state index in [1.165, 1.54) is 42.5 Å². The first-order chi connectivity index (χ1) is 14.2. The number of carbonyl (C=O) groups is 1. The third-order valence-electron chi connectivity index (χ3n) is 4.06. The lowest BCUT2D eigenvalue weighted by Crippen LogP contribution is -2.15. The van der Waals surface area contributed by atoms with Crippen molar-refractivity contribution in [2.75, 3.05) is 5.32 Å². The molecular weight excluding hydrogens is 404 g/mol. The van der Waals surface area contributed by atoms with E-state index in [1.54, 1.807) is 6.07 Å². The Kier molecular flexibility index (Phi) is 5.72. The van der Waals surface area contributed by atoms with Crippen LogP contribution in [-0.2, 0) is 6.18 Å². The molecule has 3 aromatic rings. The monoisotopic (exact) mass is 418 g/mol. The van der Waals surface area contributed by atoms with Gasteiger partial charge in [0.25, 0.3) is 0 Å². The zero-order valence-electron chi connectivity index (χ0n) is 15.1. The van der Waals surface area contributed by atoms with Gasteiger partial charge in [-0.2, -0.15) is 13.2 Å². The van der Waals surface area contributed by atoms with Gasteiger partial charge in [0.2, 0.25) is 5.90 Å². The van der Waals surface area contributed by atoms with E-state index in [2.05, 4.69) is 5.32 Å². The molecule has 3 aromatic carbocycles. The summed E-state index contributed by atoms with van der Waals surface area (Å²) < 4.78 is 58.9. The molecular formula is C21H14F4N2O3. The van der Waals surface area contributed by atoms with Crippen molar-refractivity contribution in [2.45, 2.75) is 6.18 Å². The molecule has 0 aromatic heterocycles. The average molecular weight is 418 g/mol. The molecule has 0 aliphatic heterocycles. The lowest BCUT2D eigenvalue weighted by Gasteiger charge is -2.16. The fourth-order valence-corrected chi connectivity index (χ4v) is 2.64. The lowest BCUT2D eigenvalue weighted by molar-refractivity contribution is -0.138. The van der Waals surface area contributed by atoms with Crippen molar-refractivity contribution in [3.8, 4) is 5.75 Å². The van der Waals surface area contributed by atoms with E-state index >= 15 is 0 Å². The standard InChI is InChI=1S/C21H14F4N2O3/c22-15-11-12(20(28)29)9-10-17(15)27-16-7-3-1-5-13(16)19(26)30-18-8-4-2-6-14(18)21(23,24)25/h1-11,26-27H,(H,28,29). The number of nitrogens with one attached hydrogen (secondary N) is 2. The average Bonchev–Trinajstić information content (AvgIpc) is 2.69. The molecule has 154 valence electrons. The van der Waals surface area contributed by atoms with Crippen LogP contribution in [0.2, 0.25) is 0 Å². The number of para-hydroxylation sites is 2. The number of benzene rings is 3. The summed E-state index contributed by atoms with van der Waals surface area (Å²) in [7, 11) is 0. The van der Waals surface area contributed by atoms with Gasteiger partial charge in [0.05, 0.1) is 28.1 Å². The summed E-state index contributed by atoms with van der Waals surface area (Å²) in [5.41, 5.74) is -1.08. The molecule has 0 atom stereocenters. The molecule has 0 saturated carbocycles. The van der Waals surface area contributed by atoms with Crippen LogP contribution in [0.3, 0.4) is 0 Å². The van der Waals surface area contributed by atoms with Crippen LogP contribution in [0.15, 0.2) is 66.7 Å². The van der Waals surface area contributed by atoms with Crippen LogP contribution in [0.25, 0.3) is 0 Å². The Hall–Kier alpha value is -3.88. The normalized spacial score (nSPS) is 11.1. The van der Waals surface area contributed by atoms with Crippen molar-refractivity contribution in [3.05, 3.63) is 89.2 Å². The zero-order valence-corrected chi connectivity index (χ0v) is 15.1. The highest BCUT2D eigenvalue weighted by atomic mass is 19.4. The summed E-state index contributed by atoms with van der Waals surface area (Å²) >= 11 is 0. The van der Waals surface area contributed by atoms with E-state index in [1.807, 2.05) is 0 Å². The van der Waals surface area contributed by atoms with Crippen LogP contribution in [0.1, 0.15) is 21.5 Å². The summed E-state index contributed by atoms with van der Waals surface area (Å²) in [6.45, 7) is 0. The number of carboxylic acid groups (broad SMARTS) is 1. The molecule has 0 amide bonds. The second kappa shape index (κ2) is 8.24. The summed E-state index contributed by atoms with van der Waals surface area (Å²) in [4.78, 5) is 10.9. The Balaban J connectivity index is 1.89. The molecule has 9 heteroatoms. The molecule has 0 saturated heterocycles. The van der Waals surface area contributed by atoms with Gasteiger partial charge in [-0.1, -0.05) is 24.3 Å². The molecule has 0 bridgehead atoms. The Labute approximate surface area is 168 Å². The van der Waals surface area contributed by atoms with Crippen LogP contribution in [-0.4, -0.2) is 17.0 Å². The number of ether oxygens (including phenoxy) is 1. The highest BCUT2D eigenvalue weighted by Gasteiger charge is 2.34. The van der Waals surface area contributed by atoms with E-state index in [4.69, 9.17) is 15.3 Å². The van der Waals surface area contributed by atoms with Gasteiger partial charge in [-0.25, -0.2) is 9.18 Å². The van der Waals surface area contributed by atoms with Crippen LogP contribution in [0.4, 0.5) is 28.9 Å². The molecule has 3 N–H and O–H groups in total. The molecule has 5 nitrogen and oxygen atoms in total. The molecule has 30 heavy (non-hydrogen) atoms. The maximum absolute atomic E-state index is 14.2. The third kappa shape index (κ3) is 4.57. The number of aromatic carboxylic acids is 1. The van der Waals surface area contributed by atoms with Crippen molar-refractivity contribution in [2.24, 2.45) is 0 Å². The zero-order chi connectivity index (χ0) is 21.9. The van der Waals surface area contributed by atoms with Crippen LogP contribution in [0, 0.1) is 11.2 Å². The first-order valence-electron chi connectivity index (χ1n) is 8.48. The summed E-state index contributed by atoms with van der Waals surface area (Å²) in [6, 6.07) is 13.7. The fraction of sp³-hybridized carbons (Fsp3) is 0.0476. The minimum atomic E-state index is -4.66. The molecule has 0 aliphatic rings. The Bertz CT molecular complexity index is 1110. The number of hydrogen-bond donors (Lipinski definition) is 3. The van der Waals surface area contributed by atoms with Gasteiger partial charge < -0.3 is 15.2 Å². The SMILES string of the molecule is N=C(Oc1ccccc1C(F)(F)F)c1ccccc1Nc1ccc(C(=O)O)cc1F. The van der Waals surface area contributed by atoms with Crippen molar-refractivity contribution < 1.29 is 32.2 Å². The molecule has 0 unspecified atom stereocenters. The first-order valence-corrected chi connectivity index (χ1v) is 8.48. The van der Waals surface area contributed by atoms with Gasteiger partial charge in [0.15, 0.2) is 0 Å². The smallest absolute Gasteiger partial charge is 0.419 e. The van der Waals surface area contributed by atoms with Gasteiger partial charge in [-0.05, 0) is 42.5 Å². The van der Waals surface area contributed by atoms with Crippen LogP contribution >= 0.6 is 0 Å². The Morgan fingerprint density at radius 1 is 0.967 bits per heavy atom. The number of halogens is 4. The minimum absolute atomic E-state index is 0.0732. The number of rotatable bonds is 5. The summed E-state index contributed by atoms with van der Waals surface area (Å²) in [6.07, 6.45) is -4.66. The van der Waals surface area contributed by atoms with E-state index in [9.17, 15) is 22.4 Å². The minimum Gasteiger partial charge on any atom is -0.478 e. The van der Waals surface area contributed by atoms with Crippen molar-refractivity contribution >= 4 is 23.2 Å². The summed E-state index contributed by atoms with van der Waals surface area (Å²) in [5, 5.41) is 19.7. The second-order valence-electron chi connectivity index (χ2n) is 6.10. The second-order valence-corrected chi connectivity index (χ2v) is 6.10. The molecule has 0 aliphatic carbocycles. The van der Waals surface area contributed by atoms with E-state index in [-0.39, 0.29) is 22.5 Å². The van der Waals surface area contributed by atoms with Gasteiger partial charge in [-0.3, -0.25) is 5.41 Å². The van der Waals surface area contributed by atoms with Gasteiger partial charge >= 0.3 is 12.1 Å². The van der Waals surface area contributed by atoms with Crippen molar-refractivity contribution in [1.29, 1.82) is 5.41 Å². The van der Waals surface area contributed by atoms with Crippen molar-refractivity contribution in [3.63, 3.8) is 0 Å². The Morgan fingerprint density at radius 2 is 1.63 bits per heavy atom. The van der Waals surface area contributed by atoms with Crippen molar-refractivity contribution in [1.82, 2.24) is 0 Å². The third-order valence-corrected chi connectivity index (χ3v) is 4.06. The van der Waals surface area contributed by atoms with Crippen LogP contribution in [0.5, 0.6) is 5.75 Å². The van der Waals surface area contributed by atoms with E-state index in [0.29, 0.717) is 0 Å². The fourth-order valence-electron chi connectivity index (χ4n) is 2.64. The Morgan fingerprint density at radius 3 is 2.30 bits per heavy atom. The predicted octanol–water partition coefficient (Wildman–Crippen LogP) is 5.69.